The molecule has 0 aliphatic heterocycles. The van der Waals surface area contributed by atoms with E-state index >= 15 is 0 Å². The van der Waals surface area contributed by atoms with Crippen LogP contribution in [0.4, 0.5) is 0 Å². The van der Waals surface area contributed by atoms with Gasteiger partial charge in [-0.15, -0.1) is 0 Å². The Morgan fingerprint density at radius 2 is 0.703 bits per heavy atom. The summed E-state index contributed by atoms with van der Waals surface area (Å²) < 4.78 is 17.4. The molecule has 1 unspecified atom stereocenters. The summed E-state index contributed by atoms with van der Waals surface area (Å²) in [5.74, 6) is -0.439. The van der Waals surface area contributed by atoms with Gasteiger partial charge in [0.05, 0.1) is 6.61 Å². The topological polar surface area (TPSA) is 61.8 Å². The summed E-state index contributed by atoms with van der Waals surface area (Å²) in [5, 5.41) is 0. The molecule has 5 nitrogen and oxygen atoms in total. The summed E-state index contributed by atoms with van der Waals surface area (Å²) in [7, 11) is 0. The zero-order valence-electron chi connectivity index (χ0n) is 42.3. The average Bonchev–Trinajstić information content (AvgIpc) is 3.30. The lowest BCUT2D eigenvalue weighted by Crippen LogP contribution is -2.30. The van der Waals surface area contributed by atoms with Crippen LogP contribution in [0.5, 0.6) is 0 Å². The molecule has 0 aromatic heterocycles. The van der Waals surface area contributed by atoms with Crippen LogP contribution in [0.25, 0.3) is 0 Å². The molecular formula is C59H102O5. The van der Waals surface area contributed by atoms with E-state index in [-0.39, 0.29) is 25.2 Å². The SMILES string of the molecule is CC/C=C\C/C=C\C/C=C\C/C=C\C/C=C\CCCCOCC(COC(=O)CCCCCCC/C=C\CCCCCCCC)OC(=O)CCCCCCC/C=C\CCCCCCCC. The quantitative estimate of drug-likeness (QED) is 0.0346. The van der Waals surface area contributed by atoms with Crippen molar-refractivity contribution in [2.75, 3.05) is 19.8 Å². The molecule has 0 fully saturated rings. The second-order valence-corrected chi connectivity index (χ2v) is 17.7. The van der Waals surface area contributed by atoms with Crippen LogP contribution in [0.15, 0.2) is 85.1 Å². The van der Waals surface area contributed by atoms with Gasteiger partial charge in [0.2, 0.25) is 0 Å². The first kappa shape index (κ1) is 61.1. The number of carbonyl (C=O) groups excluding carboxylic acids is 2. The van der Waals surface area contributed by atoms with Crippen LogP contribution in [-0.2, 0) is 23.8 Å². The molecule has 0 amide bonds. The van der Waals surface area contributed by atoms with Gasteiger partial charge >= 0.3 is 11.9 Å². The molecule has 0 aromatic rings. The summed E-state index contributed by atoms with van der Waals surface area (Å²) >= 11 is 0. The molecule has 64 heavy (non-hydrogen) atoms. The van der Waals surface area contributed by atoms with Crippen molar-refractivity contribution in [1.82, 2.24) is 0 Å². The lowest BCUT2D eigenvalue weighted by atomic mass is 10.1. The maximum atomic E-state index is 12.8. The van der Waals surface area contributed by atoms with Gasteiger partial charge in [0, 0.05) is 19.4 Å². The molecule has 0 heterocycles. The maximum absolute atomic E-state index is 12.8. The van der Waals surface area contributed by atoms with Gasteiger partial charge in [0.15, 0.2) is 6.10 Å². The van der Waals surface area contributed by atoms with Crippen LogP contribution in [0.2, 0.25) is 0 Å². The van der Waals surface area contributed by atoms with Gasteiger partial charge in [-0.1, -0.05) is 209 Å². The lowest BCUT2D eigenvalue weighted by molar-refractivity contribution is -0.163. The van der Waals surface area contributed by atoms with Crippen LogP contribution in [0, 0.1) is 0 Å². The van der Waals surface area contributed by atoms with E-state index in [2.05, 4.69) is 106 Å². The second-order valence-electron chi connectivity index (χ2n) is 17.7. The summed E-state index contributed by atoms with van der Waals surface area (Å²) in [5.41, 5.74) is 0. The molecule has 0 aromatic carbocycles. The van der Waals surface area contributed by atoms with E-state index < -0.39 is 6.10 Å². The predicted molar refractivity (Wildman–Crippen MR) is 279 cm³/mol. The Hall–Kier alpha value is -2.92. The van der Waals surface area contributed by atoms with Gasteiger partial charge < -0.3 is 14.2 Å². The number of hydrogen-bond acceptors (Lipinski definition) is 5. The Morgan fingerprint density at radius 3 is 1.14 bits per heavy atom. The third kappa shape index (κ3) is 51.7. The van der Waals surface area contributed by atoms with Gasteiger partial charge in [0.1, 0.15) is 6.61 Å². The largest absolute Gasteiger partial charge is 0.462 e. The number of carbonyl (C=O) groups is 2. The highest BCUT2D eigenvalue weighted by atomic mass is 16.6. The zero-order valence-corrected chi connectivity index (χ0v) is 42.3. The number of esters is 2. The fourth-order valence-electron chi connectivity index (χ4n) is 7.35. The third-order valence-corrected chi connectivity index (χ3v) is 11.4. The van der Waals surface area contributed by atoms with Gasteiger partial charge in [0.25, 0.3) is 0 Å². The van der Waals surface area contributed by atoms with Crippen LogP contribution < -0.4 is 0 Å². The van der Waals surface area contributed by atoms with Crippen LogP contribution in [-0.4, -0.2) is 37.9 Å². The number of hydrogen-bond donors (Lipinski definition) is 0. The first-order valence-corrected chi connectivity index (χ1v) is 27.1. The van der Waals surface area contributed by atoms with E-state index in [1.165, 1.54) is 116 Å². The van der Waals surface area contributed by atoms with Crippen molar-refractivity contribution in [3.8, 4) is 0 Å². The van der Waals surface area contributed by atoms with Crippen molar-refractivity contribution in [3.63, 3.8) is 0 Å². The van der Waals surface area contributed by atoms with Gasteiger partial charge in [-0.3, -0.25) is 9.59 Å². The zero-order chi connectivity index (χ0) is 46.3. The standard InChI is InChI=1S/C59H102O5/c1-4-7-10-13-16-19-22-25-28-29-30-33-36-39-42-45-48-51-54-62-55-57(64-59(61)53-50-47-44-41-38-35-32-27-24-21-18-15-12-9-6-3)56-63-58(60)52-49-46-43-40-37-34-31-26-23-20-17-14-11-8-5-2/h7,10,16,19,25-28,30-33,39,42,57H,4-6,8-9,11-15,17-18,20-24,29,34-38,40-41,43-56H2,1-3H3/b10-7-,19-16-,28-25-,31-26-,32-27-,33-30-,42-39-. The minimum absolute atomic E-state index is 0.0576. The third-order valence-electron chi connectivity index (χ3n) is 11.4. The minimum atomic E-state index is -0.570. The van der Waals surface area contributed by atoms with E-state index in [0.717, 1.165) is 103 Å². The molecule has 0 spiro atoms. The molecule has 0 radical (unpaired) electrons. The van der Waals surface area contributed by atoms with Crippen molar-refractivity contribution in [2.24, 2.45) is 0 Å². The molecule has 0 aliphatic rings. The number of unbranched alkanes of at least 4 members (excludes halogenated alkanes) is 24. The molecular weight excluding hydrogens is 789 g/mol. The number of allylic oxidation sites excluding steroid dienone is 14. The van der Waals surface area contributed by atoms with E-state index in [1.54, 1.807) is 0 Å². The number of ether oxygens (including phenoxy) is 3. The smallest absolute Gasteiger partial charge is 0.306 e. The summed E-state index contributed by atoms with van der Waals surface area (Å²) in [4.78, 5) is 25.4. The number of rotatable bonds is 49. The van der Waals surface area contributed by atoms with Crippen LogP contribution in [0.1, 0.15) is 252 Å². The molecule has 0 saturated carbocycles. The highest BCUT2D eigenvalue weighted by Crippen LogP contribution is 2.13. The first-order valence-electron chi connectivity index (χ1n) is 27.1. The fraction of sp³-hybridized carbons (Fsp3) is 0.729. The van der Waals surface area contributed by atoms with E-state index in [4.69, 9.17) is 14.2 Å². The fourth-order valence-corrected chi connectivity index (χ4v) is 7.35. The molecule has 5 heteroatoms. The Bertz CT molecular complexity index is 1190. The average molecular weight is 891 g/mol. The summed E-state index contributed by atoms with van der Waals surface area (Å²) in [6, 6.07) is 0. The second kappa shape index (κ2) is 54.4. The Labute approximate surface area is 397 Å². The van der Waals surface area contributed by atoms with Crippen molar-refractivity contribution in [2.45, 2.75) is 258 Å². The molecule has 368 valence electrons. The monoisotopic (exact) mass is 891 g/mol. The Morgan fingerprint density at radius 1 is 0.359 bits per heavy atom. The maximum Gasteiger partial charge on any atom is 0.306 e. The molecule has 0 bridgehead atoms. The molecule has 0 N–H and O–H groups in total. The molecule has 0 aliphatic carbocycles. The van der Waals surface area contributed by atoms with Crippen molar-refractivity contribution in [1.29, 1.82) is 0 Å². The highest BCUT2D eigenvalue weighted by Gasteiger charge is 2.17. The highest BCUT2D eigenvalue weighted by molar-refractivity contribution is 5.70. The van der Waals surface area contributed by atoms with Gasteiger partial charge in [-0.2, -0.15) is 0 Å². The summed E-state index contributed by atoms with van der Waals surface area (Å²) in [6.07, 6.45) is 71.7. The Kier molecular flexibility index (Phi) is 51.9. The van der Waals surface area contributed by atoms with Gasteiger partial charge in [-0.05, 0) is 116 Å². The van der Waals surface area contributed by atoms with E-state index in [0.29, 0.717) is 19.4 Å². The Balaban J connectivity index is 4.38. The van der Waals surface area contributed by atoms with Crippen LogP contribution in [0.3, 0.4) is 0 Å². The van der Waals surface area contributed by atoms with Gasteiger partial charge in [-0.25, -0.2) is 0 Å². The molecule has 1 atom stereocenters. The van der Waals surface area contributed by atoms with Crippen molar-refractivity contribution < 1.29 is 23.8 Å². The lowest BCUT2D eigenvalue weighted by Gasteiger charge is -2.18. The normalized spacial score (nSPS) is 12.9. The van der Waals surface area contributed by atoms with Crippen molar-refractivity contribution >= 4 is 11.9 Å². The molecule has 0 rings (SSSR count). The van der Waals surface area contributed by atoms with Crippen molar-refractivity contribution in [3.05, 3.63) is 85.1 Å². The first-order chi connectivity index (χ1) is 31.6. The minimum Gasteiger partial charge on any atom is -0.462 e. The predicted octanol–water partition coefficient (Wildman–Crippen LogP) is 18.5. The van der Waals surface area contributed by atoms with Crippen LogP contribution >= 0.6 is 0 Å². The summed E-state index contributed by atoms with van der Waals surface area (Å²) in [6.45, 7) is 7.60. The molecule has 0 saturated heterocycles. The van der Waals surface area contributed by atoms with E-state index in [1.807, 2.05) is 0 Å². The van der Waals surface area contributed by atoms with E-state index in [9.17, 15) is 9.59 Å².